The molecule has 0 aliphatic heterocycles. The van der Waals surface area contributed by atoms with E-state index in [1.165, 1.54) is 0 Å². The monoisotopic (exact) mass is 418 g/mol. The van der Waals surface area contributed by atoms with Crippen molar-refractivity contribution in [1.82, 2.24) is 15.6 Å². The van der Waals surface area contributed by atoms with Gasteiger partial charge in [-0.05, 0) is 43.7 Å². The number of guanidine groups is 1. The average Bonchev–Trinajstić information content (AvgIpc) is 3.22. The number of carbonyl (C=O) groups excluding carboxylic acids is 2. The Labute approximate surface area is 176 Å². The molecule has 10 nitrogen and oxygen atoms in total. The standard InChI is InChI=1S/C19H31BN6O4/c21-18(22)25-11-4-6-15(20(29)30)26-17(28)19(8-1-2-9-19)16(27)24-12-7-14-5-3-10-23-13-14/h3,5,10,13,15,29-30H,1-2,4,6-9,11-12H2,(H,24,27)(H,26,28)(H4,21,22,25)/t15-/m0/s1. The molecule has 2 rings (SSSR count). The minimum Gasteiger partial charge on any atom is -0.426 e. The second-order valence-corrected chi connectivity index (χ2v) is 7.60. The highest BCUT2D eigenvalue weighted by Gasteiger charge is 2.48. The van der Waals surface area contributed by atoms with Gasteiger partial charge in [0.05, 0.1) is 5.94 Å². The van der Waals surface area contributed by atoms with Crippen LogP contribution in [0.2, 0.25) is 0 Å². The van der Waals surface area contributed by atoms with E-state index in [0.29, 0.717) is 38.8 Å². The number of nitrogens with two attached hydrogens (primary N) is 2. The number of hydrogen-bond acceptors (Lipinski definition) is 6. The first kappa shape index (κ1) is 23.6. The van der Waals surface area contributed by atoms with Crippen LogP contribution < -0.4 is 22.1 Å². The molecule has 2 amide bonds. The highest BCUT2D eigenvalue weighted by molar-refractivity contribution is 6.43. The average molecular weight is 418 g/mol. The van der Waals surface area contributed by atoms with Crippen molar-refractivity contribution in [2.45, 2.75) is 50.9 Å². The first-order chi connectivity index (χ1) is 14.3. The molecule has 164 valence electrons. The molecule has 8 N–H and O–H groups in total. The minimum atomic E-state index is -1.75. The highest BCUT2D eigenvalue weighted by atomic mass is 16.4. The van der Waals surface area contributed by atoms with Crippen LogP contribution in [0.4, 0.5) is 0 Å². The summed E-state index contributed by atoms with van der Waals surface area (Å²) >= 11 is 0. The topological polar surface area (TPSA) is 176 Å². The molecule has 1 fully saturated rings. The summed E-state index contributed by atoms with van der Waals surface area (Å²) in [4.78, 5) is 33.8. The van der Waals surface area contributed by atoms with E-state index in [-0.39, 0.29) is 18.3 Å². The summed E-state index contributed by atoms with van der Waals surface area (Å²) in [6.45, 7) is 0.700. The van der Waals surface area contributed by atoms with Crippen LogP contribution in [0.15, 0.2) is 29.5 Å². The molecule has 1 aromatic rings. The second kappa shape index (κ2) is 11.5. The van der Waals surface area contributed by atoms with Crippen molar-refractivity contribution < 1.29 is 19.6 Å². The summed E-state index contributed by atoms with van der Waals surface area (Å²) in [5.74, 6) is -1.76. The molecule has 1 heterocycles. The molecule has 0 aromatic carbocycles. The molecule has 30 heavy (non-hydrogen) atoms. The molecule has 1 atom stereocenters. The van der Waals surface area contributed by atoms with Crippen LogP contribution in [-0.2, 0) is 16.0 Å². The zero-order valence-electron chi connectivity index (χ0n) is 17.1. The van der Waals surface area contributed by atoms with Gasteiger partial charge < -0.3 is 32.1 Å². The maximum absolute atomic E-state index is 13.0. The Hall–Kier alpha value is -2.66. The summed E-state index contributed by atoms with van der Waals surface area (Å²) in [7, 11) is -1.75. The normalized spacial score (nSPS) is 15.8. The van der Waals surface area contributed by atoms with E-state index < -0.39 is 24.4 Å². The third-order valence-electron chi connectivity index (χ3n) is 5.39. The molecule has 1 aromatic heterocycles. The highest BCUT2D eigenvalue weighted by Crippen LogP contribution is 2.38. The maximum atomic E-state index is 13.0. The lowest BCUT2D eigenvalue weighted by Gasteiger charge is -2.29. The quantitative estimate of drug-likeness (QED) is 0.0864. The van der Waals surface area contributed by atoms with Crippen molar-refractivity contribution in [2.24, 2.45) is 21.9 Å². The summed E-state index contributed by atoms with van der Waals surface area (Å²) in [5, 5.41) is 24.8. The lowest BCUT2D eigenvalue weighted by atomic mass is 9.75. The summed E-state index contributed by atoms with van der Waals surface area (Å²) in [6, 6.07) is 3.75. The third kappa shape index (κ3) is 6.70. The number of pyridine rings is 1. The number of nitrogens with zero attached hydrogens (tertiary/aromatic N) is 2. The Kier molecular flexibility index (Phi) is 9.06. The predicted molar refractivity (Wildman–Crippen MR) is 114 cm³/mol. The van der Waals surface area contributed by atoms with Crippen molar-refractivity contribution >= 4 is 24.9 Å². The number of hydrogen-bond donors (Lipinski definition) is 6. The smallest absolute Gasteiger partial charge is 0.426 e. The van der Waals surface area contributed by atoms with Crippen molar-refractivity contribution in [1.29, 1.82) is 0 Å². The Morgan fingerprint density at radius 1 is 1.27 bits per heavy atom. The van der Waals surface area contributed by atoms with Gasteiger partial charge in [0, 0.05) is 25.5 Å². The number of carbonyl (C=O) groups is 2. The number of nitrogens with one attached hydrogen (secondary N) is 2. The number of aliphatic imine (C=N–C) groups is 1. The van der Waals surface area contributed by atoms with Gasteiger partial charge in [0.1, 0.15) is 5.41 Å². The fourth-order valence-electron chi connectivity index (χ4n) is 3.69. The molecular formula is C19H31BN6O4. The van der Waals surface area contributed by atoms with Crippen LogP contribution >= 0.6 is 0 Å². The third-order valence-corrected chi connectivity index (χ3v) is 5.39. The van der Waals surface area contributed by atoms with Gasteiger partial charge in [-0.1, -0.05) is 18.9 Å². The fraction of sp³-hybridized carbons (Fsp3) is 0.579. The first-order valence-corrected chi connectivity index (χ1v) is 10.2. The van der Waals surface area contributed by atoms with Gasteiger partial charge >= 0.3 is 7.12 Å². The summed E-state index contributed by atoms with van der Waals surface area (Å²) in [5.41, 5.74) is 10.3. The molecule has 1 aliphatic carbocycles. The largest absolute Gasteiger partial charge is 0.475 e. The van der Waals surface area contributed by atoms with Crippen molar-refractivity contribution in [2.75, 3.05) is 13.1 Å². The zero-order chi connectivity index (χ0) is 22.0. The van der Waals surface area contributed by atoms with Gasteiger partial charge in [-0.3, -0.25) is 19.6 Å². The maximum Gasteiger partial charge on any atom is 0.475 e. The van der Waals surface area contributed by atoms with Crippen LogP contribution in [-0.4, -0.2) is 59.0 Å². The van der Waals surface area contributed by atoms with Gasteiger partial charge in [0.15, 0.2) is 5.96 Å². The van der Waals surface area contributed by atoms with E-state index in [1.807, 2.05) is 12.1 Å². The molecule has 0 saturated heterocycles. The minimum absolute atomic E-state index is 0.0482. The summed E-state index contributed by atoms with van der Waals surface area (Å²) in [6.07, 6.45) is 7.13. The van der Waals surface area contributed by atoms with E-state index in [0.717, 1.165) is 18.4 Å². The van der Waals surface area contributed by atoms with Crippen LogP contribution in [0.25, 0.3) is 0 Å². The van der Waals surface area contributed by atoms with Crippen molar-refractivity contribution in [3.05, 3.63) is 30.1 Å². The molecule has 1 saturated carbocycles. The van der Waals surface area contributed by atoms with E-state index in [9.17, 15) is 19.6 Å². The van der Waals surface area contributed by atoms with Crippen LogP contribution in [0.3, 0.4) is 0 Å². The van der Waals surface area contributed by atoms with Crippen molar-refractivity contribution in [3.63, 3.8) is 0 Å². The van der Waals surface area contributed by atoms with Gasteiger partial charge in [-0.15, -0.1) is 0 Å². The lowest BCUT2D eigenvalue weighted by molar-refractivity contribution is -0.143. The van der Waals surface area contributed by atoms with Gasteiger partial charge in [0.25, 0.3) is 0 Å². The van der Waals surface area contributed by atoms with E-state index in [4.69, 9.17) is 11.5 Å². The fourth-order valence-corrected chi connectivity index (χ4v) is 3.69. The van der Waals surface area contributed by atoms with Gasteiger partial charge in [-0.25, -0.2) is 0 Å². The van der Waals surface area contributed by atoms with Gasteiger partial charge in [-0.2, -0.15) is 0 Å². The lowest BCUT2D eigenvalue weighted by Crippen LogP contribution is -2.56. The molecule has 0 radical (unpaired) electrons. The Morgan fingerprint density at radius 3 is 2.60 bits per heavy atom. The number of rotatable bonds is 11. The Balaban J connectivity index is 1.95. The zero-order valence-corrected chi connectivity index (χ0v) is 17.1. The molecule has 0 bridgehead atoms. The van der Waals surface area contributed by atoms with Crippen LogP contribution in [0.1, 0.15) is 44.1 Å². The molecule has 0 unspecified atom stereocenters. The SMILES string of the molecule is NC(N)=NCCC[C@H](NC(=O)C1(C(=O)NCCc2cccnc2)CCCC1)B(O)O. The number of aromatic nitrogens is 1. The molecular weight excluding hydrogens is 387 g/mol. The molecule has 0 spiro atoms. The van der Waals surface area contributed by atoms with E-state index in [1.54, 1.807) is 12.4 Å². The van der Waals surface area contributed by atoms with Crippen LogP contribution in [0.5, 0.6) is 0 Å². The number of amides is 2. The Morgan fingerprint density at radius 2 is 2.00 bits per heavy atom. The van der Waals surface area contributed by atoms with E-state index in [2.05, 4.69) is 20.6 Å². The van der Waals surface area contributed by atoms with Gasteiger partial charge in [0.2, 0.25) is 11.8 Å². The predicted octanol–water partition coefficient (Wildman–Crippen LogP) is -1.15. The summed E-state index contributed by atoms with van der Waals surface area (Å²) < 4.78 is 0. The molecule has 1 aliphatic rings. The second-order valence-electron chi connectivity index (χ2n) is 7.60. The first-order valence-electron chi connectivity index (χ1n) is 10.2. The van der Waals surface area contributed by atoms with Crippen LogP contribution in [0, 0.1) is 5.41 Å². The van der Waals surface area contributed by atoms with Crippen molar-refractivity contribution in [3.8, 4) is 0 Å². The molecule has 11 heteroatoms. The van der Waals surface area contributed by atoms with E-state index >= 15 is 0 Å². The Bertz CT molecular complexity index is 721.